The summed E-state index contributed by atoms with van der Waals surface area (Å²) in [5.41, 5.74) is 0.239. The molecule has 0 unspecified atom stereocenters. The molecule has 0 atom stereocenters. The van der Waals surface area contributed by atoms with Crippen molar-refractivity contribution in [1.82, 2.24) is 29.3 Å². The summed E-state index contributed by atoms with van der Waals surface area (Å²) in [4.78, 5) is 25.9. The minimum atomic E-state index is -3.16. The van der Waals surface area contributed by atoms with Gasteiger partial charge in [-0.3, -0.25) is 9.78 Å². The summed E-state index contributed by atoms with van der Waals surface area (Å²) >= 11 is 0. The molecule has 1 fully saturated rings. The molecule has 3 rings (SSSR count). The highest BCUT2D eigenvalue weighted by atomic mass is 32.2. The van der Waals surface area contributed by atoms with Crippen LogP contribution in [0.4, 0.5) is 0 Å². The van der Waals surface area contributed by atoms with Gasteiger partial charge in [0.2, 0.25) is 15.9 Å². The molecule has 140 valence electrons. The molecule has 2 aromatic rings. The Labute approximate surface area is 151 Å². The largest absolute Gasteiger partial charge is 0.337 e. The van der Waals surface area contributed by atoms with Crippen LogP contribution in [0.5, 0.6) is 0 Å². The zero-order chi connectivity index (χ0) is 18.7. The molecule has 0 saturated carbocycles. The molecular formula is C15H20N6O4S. The van der Waals surface area contributed by atoms with Crippen molar-refractivity contribution in [3.8, 4) is 0 Å². The van der Waals surface area contributed by atoms with Crippen LogP contribution in [-0.4, -0.2) is 70.0 Å². The highest BCUT2D eigenvalue weighted by molar-refractivity contribution is 7.88. The second kappa shape index (κ2) is 7.46. The summed E-state index contributed by atoms with van der Waals surface area (Å²) in [5, 5.41) is 3.99. The molecule has 2 aromatic heterocycles. The van der Waals surface area contributed by atoms with E-state index in [1.165, 1.54) is 34.1 Å². The van der Waals surface area contributed by atoms with Crippen molar-refractivity contribution in [3.63, 3.8) is 0 Å². The van der Waals surface area contributed by atoms with Crippen LogP contribution in [0.25, 0.3) is 0 Å². The maximum atomic E-state index is 12.3. The van der Waals surface area contributed by atoms with Crippen molar-refractivity contribution in [2.45, 2.75) is 25.3 Å². The Kier molecular flexibility index (Phi) is 5.28. The number of rotatable bonds is 5. The van der Waals surface area contributed by atoms with Gasteiger partial charge >= 0.3 is 0 Å². The zero-order valence-corrected chi connectivity index (χ0v) is 15.4. The molecule has 10 nitrogen and oxygen atoms in total. The molecule has 0 aliphatic carbocycles. The van der Waals surface area contributed by atoms with Crippen molar-refractivity contribution < 1.29 is 17.7 Å². The number of carbonyl (C=O) groups excluding carboxylic acids is 1. The van der Waals surface area contributed by atoms with Gasteiger partial charge in [0.15, 0.2) is 5.82 Å². The predicted molar refractivity (Wildman–Crippen MR) is 90.5 cm³/mol. The first-order valence-corrected chi connectivity index (χ1v) is 9.98. The SMILES string of the molecule is CN(Cc1nc(C2CCN(S(C)(=O)=O)CC2)no1)C(=O)c1cnccn1. The van der Waals surface area contributed by atoms with Gasteiger partial charge in [0, 0.05) is 38.4 Å². The van der Waals surface area contributed by atoms with Crippen LogP contribution in [0, 0.1) is 0 Å². The molecule has 3 heterocycles. The van der Waals surface area contributed by atoms with Crippen LogP contribution in [0.3, 0.4) is 0 Å². The molecule has 0 radical (unpaired) electrons. The van der Waals surface area contributed by atoms with Gasteiger partial charge < -0.3 is 9.42 Å². The van der Waals surface area contributed by atoms with Crippen LogP contribution >= 0.6 is 0 Å². The number of sulfonamides is 1. The van der Waals surface area contributed by atoms with E-state index in [9.17, 15) is 13.2 Å². The molecule has 0 bridgehead atoms. The number of amides is 1. The Bertz CT molecular complexity index is 861. The van der Waals surface area contributed by atoms with E-state index in [0.29, 0.717) is 37.6 Å². The fourth-order valence-corrected chi connectivity index (χ4v) is 3.70. The van der Waals surface area contributed by atoms with Crippen LogP contribution in [0.15, 0.2) is 23.1 Å². The number of piperidine rings is 1. The smallest absolute Gasteiger partial charge is 0.274 e. The second-order valence-electron chi connectivity index (χ2n) is 6.23. The van der Waals surface area contributed by atoms with E-state index in [4.69, 9.17) is 4.52 Å². The lowest BCUT2D eigenvalue weighted by atomic mass is 9.98. The van der Waals surface area contributed by atoms with E-state index in [2.05, 4.69) is 20.1 Å². The number of aromatic nitrogens is 4. The lowest BCUT2D eigenvalue weighted by molar-refractivity contribution is 0.0763. The number of carbonyl (C=O) groups is 1. The van der Waals surface area contributed by atoms with Gasteiger partial charge in [-0.05, 0) is 12.8 Å². The summed E-state index contributed by atoms with van der Waals surface area (Å²) in [6.07, 6.45) is 6.84. The molecule has 1 aliphatic heterocycles. The van der Waals surface area contributed by atoms with Crippen LogP contribution in [0.2, 0.25) is 0 Å². The highest BCUT2D eigenvalue weighted by Gasteiger charge is 2.28. The molecule has 0 N–H and O–H groups in total. The molecule has 0 aromatic carbocycles. The van der Waals surface area contributed by atoms with Gasteiger partial charge in [-0.15, -0.1) is 0 Å². The quantitative estimate of drug-likeness (QED) is 0.724. The summed E-state index contributed by atoms with van der Waals surface area (Å²) < 4.78 is 29.8. The van der Waals surface area contributed by atoms with Gasteiger partial charge in [0.05, 0.1) is 12.5 Å². The van der Waals surface area contributed by atoms with Crippen molar-refractivity contribution in [1.29, 1.82) is 0 Å². The van der Waals surface area contributed by atoms with Crippen molar-refractivity contribution in [2.24, 2.45) is 0 Å². The van der Waals surface area contributed by atoms with Crippen LogP contribution < -0.4 is 0 Å². The third-order valence-electron chi connectivity index (χ3n) is 4.27. The number of hydrogen-bond acceptors (Lipinski definition) is 8. The van der Waals surface area contributed by atoms with E-state index >= 15 is 0 Å². The minimum absolute atomic E-state index is 0.0477. The first-order valence-electron chi connectivity index (χ1n) is 8.13. The molecule has 26 heavy (non-hydrogen) atoms. The normalized spacial score (nSPS) is 16.5. The average Bonchev–Trinajstić information content (AvgIpc) is 3.09. The maximum Gasteiger partial charge on any atom is 0.274 e. The average molecular weight is 380 g/mol. The predicted octanol–water partition coefficient (Wildman–Crippen LogP) is 0.271. The van der Waals surface area contributed by atoms with Crippen molar-refractivity contribution in [3.05, 3.63) is 36.0 Å². The van der Waals surface area contributed by atoms with Crippen molar-refractivity contribution >= 4 is 15.9 Å². The van der Waals surface area contributed by atoms with E-state index < -0.39 is 10.0 Å². The first-order chi connectivity index (χ1) is 12.3. The molecule has 1 saturated heterocycles. The summed E-state index contributed by atoms with van der Waals surface area (Å²) in [5.74, 6) is 0.629. The number of hydrogen-bond donors (Lipinski definition) is 0. The zero-order valence-electron chi connectivity index (χ0n) is 14.6. The first kappa shape index (κ1) is 18.4. The Hall–Kier alpha value is -2.40. The fraction of sp³-hybridized carbons (Fsp3) is 0.533. The Morgan fingerprint density at radius 3 is 2.69 bits per heavy atom. The summed E-state index contributed by atoms with van der Waals surface area (Å²) in [6.45, 7) is 1.04. The number of nitrogens with zero attached hydrogens (tertiary/aromatic N) is 6. The monoisotopic (exact) mass is 380 g/mol. The lowest BCUT2D eigenvalue weighted by Crippen LogP contribution is -2.37. The minimum Gasteiger partial charge on any atom is -0.337 e. The van der Waals surface area contributed by atoms with E-state index in [-0.39, 0.29) is 24.1 Å². The highest BCUT2D eigenvalue weighted by Crippen LogP contribution is 2.27. The molecule has 11 heteroatoms. The Morgan fingerprint density at radius 1 is 1.35 bits per heavy atom. The van der Waals surface area contributed by atoms with Crippen LogP contribution in [-0.2, 0) is 16.6 Å². The van der Waals surface area contributed by atoms with Gasteiger partial charge in [-0.1, -0.05) is 5.16 Å². The van der Waals surface area contributed by atoms with Crippen LogP contribution in [0.1, 0.15) is 41.0 Å². The Morgan fingerprint density at radius 2 is 2.08 bits per heavy atom. The van der Waals surface area contributed by atoms with E-state index in [1.54, 1.807) is 7.05 Å². The fourth-order valence-electron chi connectivity index (χ4n) is 2.82. The lowest BCUT2D eigenvalue weighted by Gasteiger charge is -2.28. The maximum absolute atomic E-state index is 12.3. The summed E-state index contributed by atoms with van der Waals surface area (Å²) in [7, 11) is -1.55. The van der Waals surface area contributed by atoms with E-state index in [1.807, 2.05) is 0 Å². The molecular weight excluding hydrogens is 360 g/mol. The van der Waals surface area contributed by atoms with Gasteiger partial charge in [-0.25, -0.2) is 17.7 Å². The second-order valence-corrected chi connectivity index (χ2v) is 8.22. The van der Waals surface area contributed by atoms with Gasteiger partial charge in [0.1, 0.15) is 12.2 Å². The Balaban J connectivity index is 1.59. The van der Waals surface area contributed by atoms with E-state index in [0.717, 1.165) is 0 Å². The topological polar surface area (TPSA) is 122 Å². The summed E-state index contributed by atoms with van der Waals surface area (Å²) in [6, 6.07) is 0. The van der Waals surface area contributed by atoms with Crippen molar-refractivity contribution in [2.75, 3.05) is 26.4 Å². The van der Waals surface area contributed by atoms with Gasteiger partial charge in [-0.2, -0.15) is 4.98 Å². The van der Waals surface area contributed by atoms with Gasteiger partial charge in [0.25, 0.3) is 5.91 Å². The molecule has 1 amide bonds. The molecule has 0 spiro atoms. The third-order valence-corrected chi connectivity index (χ3v) is 5.58. The standard InChI is InChI=1S/C15H20N6O4S/c1-20(15(22)12-9-16-5-6-17-12)10-13-18-14(19-25-13)11-3-7-21(8-4-11)26(2,23)24/h5-6,9,11H,3-4,7-8,10H2,1-2H3. The molecule has 1 aliphatic rings. The third kappa shape index (κ3) is 4.22.